The predicted molar refractivity (Wildman–Crippen MR) is 75.4 cm³/mol. The fraction of sp³-hybridized carbons (Fsp3) is 0. The Balaban J connectivity index is 2.37. The lowest BCUT2D eigenvalue weighted by Crippen LogP contribution is -2.14. The maximum atomic E-state index is 12.1. The Labute approximate surface area is 124 Å². The highest BCUT2D eigenvalue weighted by molar-refractivity contribution is 7.92. The molecular formula is C10H8Cl2N4O3S. The molecule has 0 saturated heterocycles. The minimum atomic E-state index is -3.93. The van der Waals surface area contributed by atoms with E-state index < -0.39 is 10.0 Å². The predicted octanol–water partition coefficient (Wildman–Crippen LogP) is 1.87. The summed E-state index contributed by atoms with van der Waals surface area (Å²) in [4.78, 5) is 7.14. The lowest BCUT2D eigenvalue weighted by atomic mass is 10.3. The van der Waals surface area contributed by atoms with Crippen molar-refractivity contribution >= 4 is 44.7 Å². The molecule has 0 aliphatic carbocycles. The molecule has 2 aromatic rings. The zero-order chi connectivity index (χ0) is 14.9. The average Bonchev–Trinajstić information content (AvgIpc) is 2.30. The van der Waals surface area contributed by atoms with Gasteiger partial charge in [-0.05, 0) is 29.8 Å². The number of hydrogen-bond acceptors (Lipinski definition) is 6. The first-order chi connectivity index (χ1) is 9.28. The molecule has 0 atom stereocenters. The van der Waals surface area contributed by atoms with Crippen molar-refractivity contribution in [1.82, 2.24) is 9.97 Å². The number of nitrogens with zero attached hydrogens (tertiary/aromatic N) is 2. The van der Waals surface area contributed by atoms with Crippen LogP contribution in [0.4, 0.5) is 11.5 Å². The van der Waals surface area contributed by atoms with Gasteiger partial charge in [0.1, 0.15) is 16.7 Å². The summed E-state index contributed by atoms with van der Waals surface area (Å²) in [6.45, 7) is 0. The first kappa shape index (κ1) is 14.6. The Morgan fingerprint density at radius 1 is 1.20 bits per heavy atom. The van der Waals surface area contributed by atoms with Crippen LogP contribution >= 0.6 is 23.2 Å². The summed E-state index contributed by atoms with van der Waals surface area (Å²) in [6.07, 6.45) is 0. The second-order valence-corrected chi connectivity index (χ2v) is 6.08. The third-order valence-electron chi connectivity index (χ3n) is 2.22. The van der Waals surface area contributed by atoms with E-state index in [0.29, 0.717) is 0 Å². The molecule has 0 aliphatic rings. The van der Waals surface area contributed by atoms with Gasteiger partial charge in [-0.2, -0.15) is 4.98 Å². The van der Waals surface area contributed by atoms with Gasteiger partial charge in [0.2, 0.25) is 5.28 Å². The highest BCUT2D eigenvalue weighted by Crippen LogP contribution is 2.25. The smallest absolute Gasteiger partial charge is 0.263 e. The van der Waals surface area contributed by atoms with Crippen LogP contribution in [0.1, 0.15) is 0 Å². The van der Waals surface area contributed by atoms with Gasteiger partial charge < -0.3 is 10.8 Å². The molecule has 0 spiro atoms. The maximum Gasteiger partial charge on any atom is 0.263 e. The van der Waals surface area contributed by atoms with Gasteiger partial charge in [0.15, 0.2) is 0 Å². The monoisotopic (exact) mass is 334 g/mol. The second-order valence-electron chi connectivity index (χ2n) is 3.67. The van der Waals surface area contributed by atoms with Crippen molar-refractivity contribution in [3.63, 3.8) is 0 Å². The molecule has 7 nitrogen and oxygen atoms in total. The molecule has 0 amide bonds. The summed E-state index contributed by atoms with van der Waals surface area (Å²) in [7, 11) is -3.93. The van der Waals surface area contributed by atoms with Gasteiger partial charge in [0.25, 0.3) is 10.0 Å². The molecule has 1 aromatic carbocycles. The number of aromatic nitrogens is 2. The van der Waals surface area contributed by atoms with E-state index in [1.807, 2.05) is 0 Å². The number of rotatable bonds is 3. The summed E-state index contributed by atoms with van der Waals surface area (Å²) in [6, 6.07) is 4.68. The van der Waals surface area contributed by atoms with Crippen molar-refractivity contribution in [3.8, 4) is 5.75 Å². The maximum absolute atomic E-state index is 12.1. The first-order valence-corrected chi connectivity index (χ1v) is 7.33. The topological polar surface area (TPSA) is 118 Å². The third-order valence-corrected chi connectivity index (χ3v) is 3.93. The zero-order valence-electron chi connectivity index (χ0n) is 9.71. The summed E-state index contributed by atoms with van der Waals surface area (Å²) in [5.41, 5.74) is 5.39. The van der Waals surface area contributed by atoms with E-state index >= 15 is 0 Å². The molecule has 0 radical (unpaired) electrons. The van der Waals surface area contributed by atoms with Crippen LogP contribution in [0.25, 0.3) is 0 Å². The standard InChI is InChI=1S/C10H8Cl2N4O3S/c11-8-4-9(15-10(12)14-8)16-20(18,19)5-1-2-7(17)6(13)3-5/h1-4,17H,13H2,(H,14,15,16). The van der Waals surface area contributed by atoms with E-state index in [9.17, 15) is 13.5 Å². The number of aromatic hydroxyl groups is 1. The summed E-state index contributed by atoms with van der Waals surface area (Å²) in [5, 5.41) is 9.08. The first-order valence-electron chi connectivity index (χ1n) is 5.09. The fourth-order valence-corrected chi connectivity index (χ4v) is 2.77. The molecule has 0 fully saturated rings. The molecule has 1 aromatic heterocycles. The van der Waals surface area contributed by atoms with Crippen molar-refractivity contribution in [2.24, 2.45) is 0 Å². The molecule has 0 bridgehead atoms. The minimum Gasteiger partial charge on any atom is -0.506 e. The quantitative estimate of drug-likeness (QED) is 0.341. The Morgan fingerprint density at radius 2 is 1.90 bits per heavy atom. The van der Waals surface area contributed by atoms with Crippen molar-refractivity contribution in [2.45, 2.75) is 4.90 Å². The average molecular weight is 335 g/mol. The molecule has 0 aliphatic heterocycles. The summed E-state index contributed by atoms with van der Waals surface area (Å²) in [5.74, 6) is -0.293. The number of phenols is 1. The summed E-state index contributed by atoms with van der Waals surface area (Å²) >= 11 is 11.2. The van der Waals surface area contributed by atoms with Crippen LogP contribution in [0.15, 0.2) is 29.2 Å². The van der Waals surface area contributed by atoms with Crippen LogP contribution in [-0.2, 0) is 10.0 Å². The number of nitrogens with two attached hydrogens (primary N) is 1. The largest absolute Gasteiger partial charge is 0.506 e. The third kappa shape index (κ3) is 3.21. The van der Waals surface area contributed by atoms with Gasteiger partial charge in [0, 0.05) is 6.07 Å². The van der Waals surface area contributed by atoms with E-state index in [1.54, 1.807) is 0 Å². The van der Waals surface area contributed by atoms with E-state index in [-0.39, 0.29) is 32.6 Å². The number of phenolic OH excluding ortho intramolecular Hbond substituents is 1. The SMILES string of the molecule is Nc1cc(S(=O)(=O)Nc2cc(Cl)nc(Cl)n2)ccc1O. The normalized spacial score (nSPS) is 11.3. The number of anilines is 2. The van der Waals surface area contributed by atoms with Crippen LogP contribution in [0.5, 0.6) is 5.75 Å². The number of sulfonamides is 1. The lowest BCUT2D eigenvalue weighted by molar-refractivity contribution is 0.477. The van der Waals surface area contributed by atoms with Gasteiger partial charge in [-0.25, -0.2) is 13.4 Å². The van der Waals surface area contributed by atoms with Gasteiger partial charge in [-0.1, -0.05) is 11.6 Å². The summed E-state index contributed by atoms with van der Waals surface area (Å²) < 4.78 is 26.4. The fourth-order valence-electron chi connectivity index (χ4n) is 1.34. The zero-order valence-corrected chi connectivity index (χ0v) is 12.0. The van der Waals surface area contributed by atoms with Crippen LogP contribution in [0, 0.1) is 0 Å². The van der Waals surface area contributed by atoms with Gasteiger partial charge in [-0.15, -0.1) is 0 Å². The Bertz CT molecular complexity index is 747. The van der Waals surface area contributed by atoms with Crippen molar-refractivity contribution in [3.05, 3.63) is 34.7 Å². The van der Waals surface area contributed by atoms with E-state index in [0.717, 1.165) is 6.07 Å². The molecular weight excluding hydrogens is 327 g/mol. The van der Waals surface area contributed by atoms with Crippen molar-refractivity contribution in [2.75, 3.05) is 10.5 Å². The highest BCUT2D eigenvalue weighted by atomic mass is 35.5. The van der Waals surface area contributed by atoms with Crippen LogP contribution in [0.3, 0.4) is 0 Å². The van der Waals surface area contributed by atoms with E-state index in [2.05, 4.69) is 14.7 Å². The van der Waals surface area contributed by atoms with Gasteiger partial charge >= 0.3 is 0 Å². The number of nitrogens with one attached hydrogen (secondary N) is 1. The van der Waals surface area contributed by atoms with Crippen LogP contribution in [-0.4, -0.2) is 23.5 Å². The number of benzene rings is 1. The van der Waals surface area contributed by atoms with Crippen molar-refractivity contribution in [1.29, 1.82) is 0 Å². The molecule has 0 unspecified atom stereocenters. The number of hydrogen-bond donors (Lipinski definition) is 3. The lowest BCUT2D eigenvalue weighted by Gasteiger charge is -2.08. The van der Waals surface area contributed by atoms with Crippen LogP contribution < -0.4 is 10.5 Å². The van der Waals surface area contributed by atoms with E-state index in [4.69, 9.17) is 28.9 Å². The van der Waals surface area contributed by atoms with Crippen molar-refractivity contribution < 1.29 is 13.5 Å². The molecule has 2 rings (SSSR count). The van der Waals surface area contributed by atoms with Gasteiger partial charge in [-0.3, -0.25) is 4.72 Å². The Kier molecular flexibility index (Phi) is 3.89. The molecule has 106 valence electrons. The molecule has 20 heavy (non-hydrogen) atoms. The second kappa shape index (κ2) is 5.31. The number of nitrogen functional groups attached to an aromatic ring is 1. The van der Waals surface area contributed by atoms with Crippen LogP contribution in [0.2, 0.25) is 10.4 Å². The molecule has 1 heterocycles. The molecule has 0 saturated carbocycles. The molecule has 4 N–H and O–H groups in total. The van der Waals surface area contributed by atoms with Gasteiger partial charge in [0.05, 0.1) is 10.6 Å². The number of halogens is 2. The van der Waals surface area contributed by atoms with E-state index in [1.165, 1.54) is 18.2 Å². The molecule has 10 heteroatoms. The Morgan fingerprint density at radius 3 is 2.50 bits per heavy atom. The Hall–Kier alpha value is -1.77. The minimum absolute atomic E-state index is 0.00656. The highest BCUT2D eigenvalue weighted by Gasteiger charge is 2.17.